The van der Waals surface area contributed by atoms with Crippen molar-refractivity contribution in [2.24, 2.45) is 0 Å². The third-order valence-corrected chi connectivity index (χ3v) is 3.27. The highest BCUT2D eigenvalue weighted by atomic mass is 16.4. The molecule has 102 valence electrons. The molecule has 0 aromatic heterocycles. The topological polar surface area (TPSA) is 78.4 Å². The molecule has 1 unspecified atom stereocenters. The van der Waals surface area contributed by atoms with E-state index in [0.717, 1.165) is 24.9 Å². The SMILES string of the molecule is O=C(O)C(Cc1ccccc1)NC(=O)[C@H]1CCCN1. The number of carboxylic acids is 1. The van der Waals surface area contributed by atoms with Crippen LogP contribution in [0, 0.1) is 0 Å². The zero-order valence-electron chi connectivity index (χ0n) is 10.6. The summed E-state index contributed by atoms with van der Waals surface area (Å²) in [5.74, 6) is -1.23. The fraction of sp³-hybridized carbons (Fsp3) is 0.429. The Hall–Kier alpha value is -1.88. The number of rotatable bonds is 5. The normalized spacial score (nSPS) is 19.9. The first-order valence-corrected chi connectivity index (χ1v) is 6.47. The van der Waals surface area contributed by atoms with Crippen molar-refractivity contribution >= 4 is 11.9 Å². The Labute approximate surface area is 112 Å². The summed E-state index contributed by atoms with van der Waals surface area (Å²) in [7, 11) is 0. The lowest BCUT2D eigenvalue weighted by atomic mass is 10.1. The Balaban J connectivity index is 1.96. The molecule has 1 aromatic rings. The van der Waals surface area contributed by atoms with Gasteiger partial charge in [-0.05, 0) is 24.9 Å². The van der Waals surface area contributed by atoms with Crippen molar-refractivity contribution in [1.82, 2.24) is 10.6 Å². The number of benzene rings is 1. The predicted octanol–water partition coefficient (Wildman–Crippen LogP) is 0.550. The number of nitrogens with one attached hydrogen (secondary N) is 2. The molecule has 0 radical (unpaired) electrons. The van der Waals surface area contributed by atoms with Gasteiger partial charge in [0.1, 0.15) is 6.04 Å². The number of hydrogen-bond donors (Lipinski definition) is 3. The molecular weight excluding hydrogens is 244 g/mol. The van der Waals surface area contributed by atoms with Gasteiger partial charge in [0.05, 0.1) is 6.04 Å². The van der Waals surface area contributed by atoms with Gasteiger partial charge in [-0.1, -0.05) is 30.3 Å². The van der Waals surface area contributed by atoms with Gasteiger partial charge in [0.2, 0.25) is 5.91 Å². The van der Waals surface area contributed by atoms with Crippen LogP contribution in [0.4, 0.5) is 0 Å². The molecule has 0 bridgehead atoms. The summed E-state index contributed by atoms with van der Waals surface area (Å²) in [5, 5.41) is 14.9. The summed E-state index contributed by atoms with van der Waals surface area (Å²) in [6, 6.07) is 8.17. The van der Waals surface area contributed by atoms with Crippen molar-refractivity contribution in [2.45, 2.75) is 31.3 Å². The minimum Gasteiger partial charge on any atom is -0.480 e. The van der Waals surface area contributed by atoms with E-state index in [9.17, 15) is 14.7 Å². The molecule has 1 heterocycles. The average Bonchev–Trinajstić information content (AvgIpc) is 2.93. The van der Waals surface area contributed by atoms with Crippen LogP contribution in [0.3, 0.4) is 0 Å². The van der Waals surface area contributed by atoms with Crippen LogP contribution in [0.5, 0.6) is 0 Å². The first-order chi connectivity index (χ1) is 9.16. The lowest BCUT2D eigenvalue weighted by Crippen LogP contribution is -2.49. The minimum atomic E-state index is -1.00. The standard InChI is InChI=1S/C14H18N2O3/c17-13(11-7-4-8-15-11)16-12(14(18)19)9-10-5-2-1-3-6-10/h1-3,5-6,11-12,15H,4,7-9H2,(H,16,17)(H,18,19)/t11-,12?/m1/s1. The molecule has 2 atom stereocenters. The van der Waals surface area contributed by atoms with Crippen molar-refractivity contribution in [3.63, 3.8) is 0 Å². The van der Waals surface area contributed by atoms with Crippen molar-refractivity contribution in [2.75, 3.05) is 6.54 Å². The van der Waals surface area contributed by atoms with Crippen molar-refractivity contribution in [1.29, 1.82) is 0 Å². The quantitative estimate of drug-likeness (QED) is 0.724. The molecule has 0 aliphatic carbocycles. The lowest BCUT2D eigenvalue weighted by molar-refractivity contribution is -0.142. The van der Waals surface area contributed by atoms with E-state index >= 15 is 0 Å². The Kier molecular flexibility index (Phi) is 4.52. The zero-order valence-corrected chi connectivity index (χ0v) is 10.6. The van der Waals surface area contributed by atoms with Gasteiger partial charge in [-0.3, -0.25) is 4.79 Å². The molecule has 0 spiro atoms. The Bertz CT molecular complexity index is 441. The van der Waals surface area contributed by atoms with Gasteiger partial charge in [-0.15, -0.1) is 0 Å². The second kappa shape index (κ2) is 6.33. The van der Waals surface area contributed by atoms with Crippen LogP contribution >= 0.6 is 0 Å². The van der Waals surface area contributed by atoms with Crippen LogP contribution in [-0.4, -0.2) is 35.6 Å². The summed E-state index contributed by atoms with van der Waals surface area (Å²) < 4.78 is 0. The summed E-state index contributed by atoms with van der Waals surface area (Å²) >= 11 is 0. The number of carbonyl (C=O) groups is 2. The second-order valence-electron chi connectivity index (χ2n) is 4.74. The van der Waals surface area contributed by atoms with Crippen LogP contribution in [-0.2, 0) is 16.0 Å². The number of carbonyl (C=O) groups excluding carboxylic acids is 1. The van der Waals surface area contributed by atoms with Gasteiger partial charge in [0.15, 0.2) is 0 Å². The molecule has 5 nitrogen and oxygen atoms in total. The fourth-order valence-electron chi connectivity index (χ4n) is 2.23. The summed E-state index contributed by atoms with van der Waals surface area (Å²) in [6.45, 7) is 0.814. The van der Waals surface area contributed by atoms with E-state index in [1.54, 1.807) is 0 Å². The molecule has 2 rings (SSSR count). The van der Waals surface area contributed by atoms with Gasteiger partial charge in [-0.2, -0.15) is 0 Å². The largest absolute Gasteiger partial charge is 0.480 e. The van der Waals surface area contributed by atoms with Crippen LogP contribution < -0.4 is 10.6 Å². The zero-order chi connectivity index (χ0) is 13.7. The van der Waals surface area contributed by atoms with Crippen LogP contribution in [0.2, 0.25) is 0 Å². The maximum absolute atomic E-state index is 11.9. The predicted molar refractivity (Wildman–Crippen MR) is 70.7 cm³/mol. The summed E-state index contributed by atoms with van der Waals surface area (Å²) in [5.41, 5.74) is 0.898. The molecule has 3 N–H and O–H groups in total. The van der Waals surface area contributed by atoms with Crippen molar-refractivity contribution in [3.05, 3.63) is 35.9 Å². The third-order valence-electron chi connectivity index (χ3n) is 3.27. The van der Waals surface area contributed by atoms with E-state index in [1.807, 2.05) is 30.3 Å². The molecule has 19 heavy (non-hydrogen) atoms. The maximum atomic E-state index is 11.9. The number of hydrogen-bond acceptors (Lipinski definition) is 3. The van der Waals surface area contributed by atoms with Crippen molar-refractivity contribution < 1.29 is 14.7 Å². The fourth-order valence-corrected chi connectivity index (χ4v) is 2.23. The van der Waals surface area contributed by atoms with Gasteiger partial charge in [-0.25, -0.2) is 4.79 Å². The number of amides is 1. The monoisotopic (exact) mass is 262 g/mol. The molecule has 1 fully saturated rings. The molecule has 0 saturated carbocycles. The van der Waals surface area contributed by atoms with Crippen molar-refractivity contribution in [3.8, 4) is 0 Å². The van der Waals surface area contributed by atoms with E-state index in [-0.39, 0.29) is 11.9 Å². The lowest BCUT2D eigenvalue weighted by Gasteiger charge is -2.17. The molecule has 1 aromatic carbocycles. The number of carboxylic acid groups (broad SMARTS) is 1. The van der Waals surface area contributed by atoms with Crippen LogP contribution in [0.25, 0.3) is 0 Å². The number of aliphatic carboxylic acids is 1. The Morgan fingerprint density at radius 3 is 2.68 bits per heavy atom. The average molecular weight is 262 g/mol. The third kappa shape index (κ3) is 3.79. The van der Waals surface area contributed by atoms with E-state index in [4.69, 9.17) is 0 Å². The second-order valence-corrected chi connectivity index (χ2v) is 4.74. The van der Waals surface area contributed by atoms with E-state index in [0.29, 0.717) is 6.42 Å². The highest BCUT2D eigenvalue weighted by molar-refractivity contribution is 5.87. The van der Waals surface area contributed by atoms with Gasteiger partial charge >= 0.3 is 5.97 Å². The van der Waals surface area contributed by atoms with Crippen LogP contribution in [0.15, 0.2) is 30.3 Å². The molecule has 1 saturated heterocycles. The van der Waals surface area contributed by atoms with Gasteiger partial charge < -0.3 is 15.7 Å². The van der Waals surface area contributed by atoms with Crippen LogP contribution in [0.1, 0.15) is 18.4 Å². The minimum absolute atomic E-state index is 0.221. The molecular formula is C14H18N2O3. The Morgan fingerprint density at radius 1 is 1.37 bits per heavy atom. The summed E-state index contributed by atoms with van der Waals surface area (Å²) in [6.07, 6.45) is 2.02. The van der Waals surface area contributed by atoms with E-state index < -0.39 is 12.0 Å². The molecule has 1 aliphatic heterocycles. The summed E-state index contributed by atoms with van der Waals surface area (Å²) in [4.78, 5) is 23.1. The molecule has 1 aliphatic rings. The first kappa shape index (κ1) is 13.5. The van der Waals surface area contributed by atoms with E-state index in [1.165, 1.54) is 0 Å². The van der Waals surface area contributed by atoms with Gasteiger partial charge in [0.25, 0.3) is 0 Å². The highest BCUT2D eigenvalue weighted by Crippen LogP contribution is 2.07. The molecule has 5 heteroatoms. The highest BCUT2D eigenvalue weighted by Gasteiger charge is 2.27. The first-order valence-electron chi connectivity index (χ1n) is 6.47. The van der Waals surface area contributed by atoms with E-state index in [2.05, 4.69) is 10.6 Å². The van der Waals surface area contributed by atoms with Gasteiger partial charge in [0, 0.05) is 6.42 Å². The smallest absolute Gasteiger partial charge is 0.326 e. The maximum Gasteiger partial charge on any atom is 0.326 e. The molecule has 1 amide bonds. The Morgan fingerprint density at radius 2 is 2.11 bits per heavy atom.